The molecule has 1 amide bonds. The zero-order valence-corrected chi connectivity index (χ0v) is 15.5. The first-order valence-corrected chi connectivity index (χ1v) is 9.01. The lowest BCUT2D eigenvalue weighted by Gasteiger charge is -2.26. The number of pyridine rings is 1. The summed E-state index contributed by atoms with van der Waals surface area (Å²) in [5.74, 6) is 0.236. The summed E-state index contributed by atoms with van der Waals surface area (Å²) in [6.07, 6.45) is -0.172. The van der Waals surface area contributed by atoms with Gasteiger partial charge in [0.1, 0.15) is 5.54 Å². The average molecular weight is 398 g/mol. The molecule has 1 saturated carbocycles. The highest BCUT2D eigenvalue weighted by molar-refractivity contribution is 5.94. The predicted molar refractivity (Wildman–Crippen MR) is 91.8 cm³/mol. The lowest BCUT2D eigenvalue weighted by atomic mass is 9.96. The van der Waals surface area contributed by atoms with Gasteiger partial charge in [0.05, 0.1) is 0 Å². The number of hydrogen-bond donors (Lipinski definition) is 1. The van der Waals surface area contributed by atoms with E-state index in [1.165, 1.54) is 18.3 Å². The quantitative estimate of drug-likeness (QED) is 0.798. The van der Waals surface area contributed by atoms with E-state index in [4.69, 9.17) is 4.52 Å². The number of aromatic nitrogens is 3. The third-order valence-electron chi connectivity index (χ3n) is 4.55. The number of hydrogen-bond acceptors (Lipinski definition) is 6. The third kappa shape index (κ3) is 4.60. The van der Waals surface area contributed by atoms with E-state index in [1.54, 1.807) is 0 Å². The average Bonchev–Trinajstić information content (AvgIpc) is 3.30. The number of carbonyl (C=O) groups excluding carboxylic acids is 1. The zero-order valence-electron chi connectivity index (χ0n) is 15.5. The van der Waals surface area contributed by atoms with Crippen LogP contribution in [0.2, 0.25) is 0 Å². The molecule has 0 aliphatic heterocycles. The maximum atomic E-state index is 12.8. The minimum absolute atomic E-state index is 0.0592. The standard InChI is InChI=1S/C18H21F3N4O3/c1-11(2)15-23-16(25-28-15)17(6-3-4-7-17)24-14(26)12-5-8-22-13(9-12)27-10-18(19,20)21/h5,8-9,11H,3-4,6-7,10H2,1-2H3,(H,24,26). The second-order valence-corrected chi connectivity index (χ2v) is 7.14. The van der Waals surface area contributed by atoms with Gasteiger partial charge < -0.3 is 14.6 Å². The van der Waals surface area contributed by atoms with Crippen LogP contribution in [0.25, 0.3) is 0 Å². The molecule has 1 aliphatic rings. The van der Waals surface area contributed by atoms with Crippen molar-refractivity contribution in [3.05, 3.63) is 35.6 Å². The molecule has 10 heteroatoms. The fraction of sp³-hybridized carbons (Fsp3) is 0.556. The second-order valence-electron chi connectivity index (χ2n) is 7.14. The Hall–Kier alpha value is -2.65. The molecule has 0 spiro atoms. The summed E-state index contributed by atoms with van der Waals surface area (Å²) in [4.78, 5) is 20.9. The van der Waals surface area contributed by atoms with Crippen LogP contribution in [0.1, 0.15) is 67.5 Å². The molecule has 7 nitrogen and oxygen atoms in total. The fourth-order valence-electron chi connectivity index (χ4n) is 3.12. The normalized spacial score (nSPS) is 16.4. The van der Waals surface area contributed by atoms with Crippen molar-refractivity contribution in [2.75, 3.05) is 6.61 Å². The van der Waals surface area contributed by atoms with Crippen LogP contribution in [-0.4, -0.2) is 33.8 Å². The van der Waals surface area contributed by atoms with Gasteiger partial charge in [-0.25, -0.2) is 4.98 Å². The molecule has 1 fully saturated rings. The third-order valence-corrected chi connectivity index (χ3v) is 4.55. The Kier molecular flexibility index (Phi) is 5.57. The van der Waals surface area contributed by atoms with Gasteiger partial charge in [0.2, 0.25) is 11.8 Å². The number of amides is 1. The van der Waals surface area contributed by atoms with Crippen LogP contribution in [0.4, 0.5) is 13.2 Å². The summed E-state index contributed by atoms with van der Waals surface area (Å²) in [5.41, 5.74) is -0.615. The van der Waals surface area contributed by atoms with Gasteiger partial charge in [-0.05, 0) is 18.9 Å². The van der Waals surface area contributed by atoms with Gasteiger partial charge >= 0.3 is 6.18 Å². The van der Waals surface area contributed by atoms with E-state index in [0.717, 1.165) is 12.8 Å². The van der Waals surface area contributed by atoms with Gasteiger partial charge in [0.15, 0.2) is 12.4 Å². The molecule has 0 atom stereocenters. The lowest BCUT2D eigenvalue weighted by molar-refractivity contribution is -0.154. The molecule has 1 aliphatic carbocycles. The van der Waals surface area contributed by atoms with E-state index in [0.29, 0.717) is 24.6 Å². The first-order valence-electron chi connectivity index (χ1n) is 9.01. The van der Waals surface area contributed by atoms with Crippen molar-refractivity contribution in [3.63, 3.8) is 0 Å². The Morgan fingerprint density at radius 1 is 1.36 bits per heavy atom. The molecule has 1 N–H and O–H groups in total. The van der Waals surface area contributed by atoms with Crippen LogP contribution < -0.4 is 10.1 Å². The number of alkyl halides is 3. The largest absolute Gasteiger partial charge is 0.468 e. The molecule has 152 valence electrons. The van der Waals surface area contributed by atoms with Crippen molar-refractivity contribution in [1.29, 1.82) is 0 Å². The maximum absolute atomic E-state index is 12.8. The monoisotopic (exact) mass is 398 g/mol. The van der Waals surface area contributed by atoms with Crippen LogP contribution in [0, 0.1) is 0 Å². The van der Waals surface area contributed by atoms with Crippen molar-refractivity contribution in [1.82, 2.24) is 20.4 Å². The van der Waals surface area contributed by atoms with Gasteiger partial charge in [-0.3, -0.25) is 4.79 Å². The number of nitrogens with one attached hydrogen (secondary N) is 1. The van der Waals surface area contributed by atoms with Crippen molar-refractivity contribution in [2.45, 2.75) is 57.2 Å². The Balaban J connectivity index is 1.77. The van der Waals surface area contributed by atoms with E-state index >= 15 is 0 Å². The highest BCUT2D eigenvalue weighted by Crippen LogP contribution is 2.38. The van der Waals surface area contributed by atoms with Crippen molar-refractivity contribution in [2.24, 2.45) is 0 Å². The Morgan fingerprint density at radius 2 is 2.07 bits per heavy atom. The van der Waals surface area contributed by atoms with Crippen molar-refractivity contribution < 1.29 is 27.2 Å². The molecule has 2 aromatic heterocycles. The van der Waals surface area contributed by atoms with E-state index in [2.05, 4.69) is 25.2 Å². The van der Waals surface area contributed by atoms with Gasteiger partial charge in [0.25, 0.3) is 5.91 Å². The van der Waals surface area contributed by atoms with Crippen molar-refractivity contribution in [3.8, 4) is 5.88 Å². The zero-order chi connectivity index (χ0) is 20.4. The number of nitrogens with zero attached hydrogens (tertiary/aromatic N) is 3. The summed E-state index contributed by atoms with van der Waals surface area (Å²) in [5, 5.41) is 7.00. The first-order chi connectivity index (χ1) is 13.2. The van der Waals surface area contributed by atoms with Gasteiger partial charge in [-0.15, -0.1) is 0 Å². The van der Waals surface area contributed by atoms with E-state index < -0.39 is 24.2 Å². The highest BCUT2D eigenvalue weighted by atomic mass is 19.4. The number of carbonyl (C=O) groups is 1. The number of rotatable bonds is 6. The van der Waals surface area contributed by atoms with Crippen LogP contribution in [0.5, 0.6) is 5.88 Å². The molecule has 3 rings (SSSR count). The minimum Gasteiger partial charge on any atom is -0.468 e. The topological polar surface area (TPSA) is 90.1 Å². The molecule has 0 bridgehead atoms. The number of halogens is 3. The molecule has 2 aromatic rings. The maximum Gasteiger partial charge on any atom is 0.422 e. The molecule has 0 radical (unpaired) electrons. The van der Waals surface area contributed by atoms with Crippen LogP contribution in [-0.2, 0) is 5.54 Å². The molecular formula is C18H21F3N4O3. The first kappa shape index (κ1) is 20.1. The Bertz CT molecular complexity index is 829. The van der Waals surface area contributed by atoms with Gasteiger partial charge in [0, 0.05) is 23.7 Å². The molecule has 0 saturated heterocycles. The predicted octanol–water partition coefficient (Wildman–Crippen LogP) is 3.73. The Labute approximate surface area is 159 Å². The summed E-state index contributed by atoms with van der Waals surface area (Å²) >= 11 is 0. The van der Waals surface area contributed by atoms with E-state index in [-0.39, 0.29) is 17.4 Å². The summed E-state index contributed by atoms with van der Waals surface area (Å²) in [6.45, 7) is 2.38. The SMILES string of the molecule is CC(C)c1nc(C2(NC(=O)c3ccnc(OCC(F)(F)F)c3)CCCC2)no1. The molecule has 0 aromatic carbocycles. The molecule has 28 heavy (non-hydrogen) atoms. The van der Waals surface area contributed by atoms with Crippen LogP contribution >= 0.6 is 0 Å². The Morgan fingerprint density at radius 3 is 2.68 bits per heavy atom. The second kappa shape index (κ2) is 7.76. The molecule has 2 heterocycles. The summed E-state index contributed by atoms with van der Waals surface area (Å²) in [7, 11) is 0. The lowest BCUT2D eigenvalue weighted by Crippen LogP contribution is -2.44. The van der Waals surface area contributed by atoms with E-state index in [9.17, 15) is 18.0 Å². The van der Waals surface area contributed by atoms with Crippen LogP contribution in [0.15, 0.2) is 22.9 Å². The van der Waals surface area contributed by atoms with Gasteiger partial charge in [-0.1, -0.05) is 31.8 Å². The van der Waals surface area contributed by atoms with Gasteiger partial charge in [-0.2, -0.15) is 18.2 Å². The number of ether oxygens (including phenoxy) is 1. The molecule has 0 unspecified atom stereocenters. The smallest absolute Gasteiger partial charge is 0.422 e. The summed E-state index contributed by atoms with van der Waals surface area (Å²) < 4.78 is 46.8. The fourth-order valence-corrected chi connectivity index (χ4v) is 3.12. The minimum atomic E-state index is -4.49. The van der Waals surface area contributed by atoms with E-state index in [1.807, 2.05) is 13.8 Å². The summed E-state index contributed by atoms with van der Waals surface area (Å²) in [6, 6.07) is 2.59. The van der Waals surface area contributed by atoms with Crippen LogP contribution in [0.3, 0.4) is 0 Å². The molecular weight excluding hydrogens is 377 g/mol. The van der Waals surface area contributed by atoms with Crippen molar-refractivity contribution >= 4 is 5.91 Å². The highest BCUT2D eigenvalue weighted by Gasteiger charge is 2.41.